The number of anilines is 1. The number of benzene rings is 3. The maximum Gasteiger partial charge on any atom is 0.255 e. The molecule has 0 bridgehead atoms. The van der Waals surface area contributed by atoms with Crippen LogP contribution in [0.5, 0.6) is 5.75 Å². The summed E-state index contributed by atoms with van der Waals surface area (Å²) >= 11 is 0. The first-order chi connectivity index (χ1) is 14.1. The Bertz CT molecular complexity index is 1150. The van der Waals surface area contributed by atoms with E-state index in [2.05, 4.69) is 17.2 Å². The van der Waals surface area contributed by atoms with Gasteiger partial charge in [0.2, 0.25) is 5.89 Å². The summed E-state index contributed by atoms with van der Waals surface area (Å²) in [6.07, 6.45) is 0.943. The summed E-state index contributed by atoms with van der Waals surface area (Å²) < 4.78 is 11.4. The van der Waals surface area contributed by atoms with Crippen molar-refractivity contribution in [3.63, 3.8) is 0 Å². The number of amides is 1. The van der Waals surface area contributed by atoms with Crippen LogP contribution in [0.4, 0.5) is 5.69 Å². The largest absolute Gasteiger partial charge is 0.494 e. The third kappa shape index (κ3) is 4.29. The van der Waals surface area contributed by atoms with Crippen molar-refractivity contribution in [2.24, 2.45) is 0 Å². The van der Waals surface area contributed by atoms with Gasteiger partial charge in [-0.15, -0.1) is 0 Å². The Balaban J connectivity index is 1.51. The van der Waals surface area contributed by atoms with Crippen LogP contribution in [-0.2, 0) is 0 Å². The molecule has 146 valence electrons. The molecule has 3 aromatic carbocycles. The number of oxazole rings is 1. The molecule has 0 atom stereocenters. The number of carbonyl (C=O) groups is 1. The molecule has 0 saturated carbocycles. The molecule has 4 aromatic rings. The Morgan fingerprint density at radius 2 is 1.90 bits per heavy atom. The lowest BCUT2D eigenvalue weighted by atomic mass is 10.1. The van der Waals surface area contributed by atoms with E-state index in [9.17, 15) is 4.79 Å². The summed E-state index contributed by atoms with van der Waals surface area (Å²) in [5.41, 5.74) is 4.73. The summed E-state index contributed by atoms with van der Waals surface area (Å²) in [4.78, 5) is 17.1. The zero-order valence-corrected chi connectivity index (χ0v) is 16.4. The van der Waals surface area contributed by atoms with Gasteiger partial charge in [-0.25, -0.2) is 4.98 Å². The van der Waals surface area contributed by atoms with E-state index in [0.29, 0.717) is 23.7 Å². The van der Waals surface area contributed by atoms with Gasteiger partial charge in [-0.05, 0) is 73.5 Å². The molecule has 5 heteroatoms. The zero-order valence-electron chi connectivity index (χ0n) is 16.4. The number of hydrogen-bond acceptors (Lipinski definition) is 4. The number of nitrogens with zero attached hydrogens (tertiary/aromatic N) is 1. The lowest BCUT2D eigenvalue weighted by Crippen LogP contribution is -2.11. The SMILES string of the molecule is CCCOc1ccc(C(=O)Nc2cccc(-c3nc4ccc(C)cc4o3)c2)cc1. The second-order valence-electron chi connectivity index (χ2n) is 6.90. The van der Waals surface area contributed by atoms with Crippen molar-refractivity contribution < 1.29 is 13.9 Å². The van der Waals surface area contributed by atoms with E-state index in [-0.39, 0.29) is 5.91 Å². The maximum absolute atomic E-state index is 12.6. The van der Waals surface area contributed by atoms with Gasteiger partial charge in [0, 0.05) is 16.8 Å². The van der Waals surface area contributed by atoms with E-state index >= 15 is 0 Å². The molecule has 0 saturated heterocycles. The Morgan fingerprint density at radius 3 is 2.69 bits per heavy atom. The molecule has 0 aliphatic heterocycles. The molecule has 1 N–H and O–H groups in total. The predicted octanol–water partition coefficient (Wildman–Crippen LogP) is 5.84. The minimum atomic E-state index is -0.183. The first-order valence-electron chi connectivity index (χ1n) is 9.64. The lowest BCUT2D eigenvalue weighted by molar-refractivity contribution is 0.102. The van der Waals surface area contributed by atoms with Crippen molar-refractivity contribution in [1.82, 2.24) is 4.98 Å². The highest BCUT2D eigenvalue weighted by atomic mass is 16.5. The first kappa shape index (κ1) is 18.7. The second-order valence-corrected chi connectivity index (χ2v) is 6.90. The zero-order chi connectivity index (χ0) is 20.2. The van der Waals surface area contributed by atoms with Crippen molar-refractivity contribution in [3.05, 3.63) is 77.9 Å². The number of rotatable bonds is 6. The van der Waals surface area contributed by atoms with E-state index < -0.39 is 0 Å². The summed E-state index contributed by atoms with van der Waals surface area (Å²) in [7, 11) is 0. The predicted molar refractivity (Wildman–Crippen MR) is 114 cm³/mol. The van der Waals surface area contributed by atoms with Crippen molar-refractivity contribution in [1.29, 1.82) is 0 Å². The lowest BCUT2D eigenvalue weighted by Gasteiger charge is -2.08. The van der Waals surface area contributed by atoms with Crippen molar-refractivity contribution in [3.8, 4) is 17.2 Å². The number of fused-ring (bicyclic) bond motifs is 1. The Morgan fingerprint density at radius 1 is 1.07 bits per heavy atom. The number of hydrogen-bond donors (Lipinski definition) is 1. The monoisotopic (exact) mass is 386 g/mol. The van der Waals surface area contributed by atoms with E-state index in [4.69, 9.17) is 9.15 Å². The molecular weight excluding hydrogens is 364 g/mol. The number of ether oxygens (including phenoxy) is 1. The fourth-order valence-corrected chi connectivity index (χ4v) is 3.01. The Labute approximate surface area is 169 Å². The standard InChI is InChI=1S/C24H22N2O3/c1-3-13-28-20-10-8-17(9-11-20)23(27)25-19-6-4-5-18(15-19)24-26-21-12-7-16(2)14-22(21)29-24/h4-12,14-15H,3,13H2,1-2H3,(H,25,27). The van der Waals surface area contributed by atoms with E-state index in [1.54, 1.807) is 24.3 Å². The van der Waals surface area contributed by atoms with Crippen LogP contribution >= 0.6 is 0 Å². The number of carbonyl (C=O) groups excluding carboxylic acids is 1. The smallest absolute Gasteiger partial charge is 0.255 e. The van der Waals surface area contributed by atoms with Crippen molar-refractivity contribution in [2.75, 3.05) is 11.9 Å². The molecule has 0 radical (unpaired) electrons. The summed E-state index contributed by atoms with van der Waals surface area (Å²) in [5.74, 6) is 1.10. The van der Waals surface area contributed by atoms with Crippen LogP contribution < -0.4 is 10.1 Å². The molecule has 4 rings (SSSR count). The van der Waals surface area contributed by atoms with Crippen LogP contribution in [0, 0.1) is 6.92 Å². The number of aryl methyl sites for hydroxylation is 1. The molecule has 0 aliphatic carbocycles. The van der Waals surface area contributed by atoms with Gasteiger partial charge in [0.25, 0.3) is 5.91 Å². The molecule has 0 unspecified atom stereocenters. The first-order valence-corrected chi connectivity index (χ1v) is 9.64. The van der Waals surface area contributed by atoms with Crippen LogP contribution in [0.15, 0.2) is 71.1 Å². The van der Waals surface area contributed by atoms with Gasteiger partial charge >= 0.3 is 0 Å². The van der Waals surface area contributed by atoms with Gasteiger partial charge in [-0.3, -0.25) is 4.79 Å². The number of nitrogens with one attached hydrogen (secondary N) is 1. The van der Waals surface area contributed by atoms with Crippen molar-refractivity contribution >= 4 is 22.7 Å². The maximum atomic E-state index is 12.6. The van der Waals surface area contributed by atoms with Gasteiger partial charge in [-0.2, -0.15) is 0 Å². The third-order valence-corrected chi connectivity index (χ3v) is 4.50. The van der Waals surface area contributed by atoms with Gasteiger partial charge in [0.05, 0.1) is 6.61 Å². The summed E-state index contributed by atoms with van der Waals surface area (Å²) in [5, 5.41) is 2.92. The normalized spacial score (nSPS) is 10.8. The van der Waals surface area contributed by atoms with E-state index in [1.165, 1.54) is 0 Å². The van der Waals surface area contributed by atoms with Gasteiger partial charge in [-0.1, -0.05) is 19.1 Å². The minimum absolute atomic E-state index is 0.183. The average Bonchev–Trinajstić information content (AvgIpc) is 3.16. The van der Waals surface area contributed by atoms with E-state index in [1.807, 2.05) is 49.4 Å². The van der Waals surface area contributed by atoms with Crippen LogP contribution in [-0.4, -0.2) is 17.5 Å². The van der Waals surface area contributed by atoms with Crippen molar-refractivity contribution in [2.45, 2.75) is 20.3 Å². The fraction of sp³-hybridized carbons (Fsp3) is 0.167. The third-order valence-electron chi connectivity index (χ3n) is 4.50. The molecule has 0 spiro atoms. The van der Waals surface area contributed by atoms with Crippen LogP contribution in [0.1, 0.15) is 29.3 Å². The highest BCUT2D eigenvalue weighted by molar-refractivity contribution is 6.04. The topological polar surface area (TPSA) is 64.4 Å². The summed E-state index contributed by atoms with van der Waals surface area (Å²) in [6.45, 7) is 4.73. The van der Waals surface area contributed by atoms with Crippen LogP contribution in [0.25, 0.3) is 22.6 Å². The van der Waals surface area contributed by atoms with Gasteiger partial charge in [0.1, 0.15) is 11.3 Å². The molecule has 29 heavy (non-hydrogen) atoms. The highest BCUT2D eigenvalue weighted by Gasteiger charge is 2.11. The van der Waals surface area contributed by atoms with E-state index in [0.717, 1.165) is 34.4 Å². The molecule has 5 nitrogen and oxygen atoms in total. The average molecular weight is 386 g/mol. The molecule has 1 heterocycles. The molecule has 1 aromatic heterocycles. The quantitative estimate of drug-likeness (QED) is 0.452. The van der Waals surface area contributed by atoms with Crippen LogP contribution in [0.2, 0.25) is 0 Å². The molecule has 0 aliphatic rings. The Kier molecular flexibility index (Phi) is 5.29. The number of aromatic nitrogens is 1. The second kappa shape index (κ2) is 8.19. The Hall–Kier alpha value is -3.60. The minimum Gasteiger partial charge on any atom is -0.494 e. The molecule has 0 fully saturated rings. The molecule has 1 amide bonds. The van der Waals surface area contributed by atoms with Crippen LogP contribution in [0.3, 0.4) is 0 Å². The fourth-order valence-electron chi connectivity index (χ4n) is 3.01. The van der Waals surface area contributed by atoms with Gasteiger partial charge in [0.15, 0.2) is 5.58 Å². The molecular formula is C24H22N2O3. The highest BCUT2D eigenvalue weighted by Crippen LogP contribution is 2.27. The summed E-state index contributed by atoms with van der Waals surface area (Å²) in [6, 6.07) is 20.5. The van der Waals surface area contributed by atoms with Gasteiger partial charge < -0.3 is 14.5 Å².